The Morgan fingerprint density at radius 3 is 2.14 bits per heavy atom. The minimum absolute atomic E-state index is 0.00912. The molecule has 0 heterocycles. The van der Waals surface area contributed by atoms with Gasteiger partial charge in [-0.15, -0.1) is 0 Å². The van der Waals surface area contributed by atoms with Crippen LogP contribution in [0.1, 0.15) is 21.5 Å². The van der Waals surface area contributed by atoms with Crippen LogP contribution in [-0.2, 0) is 0 Å². The number of nitriles is 1. The van der Waals surface area contributed by atoms with Gasteiger partial charge < -0.3 is 0 Å². The lowest BCUT2D eigenvalue weighted by atomic mass is 9.99. The summed E-state index contributed by atoms with van der Waals surface area (Å²) in [6.07, 6.45) is 0. The normalized spacial score (nSPS) is 11.5. The molecule has 106 valence electrons. The highest BCUT2D eigenvalue weighted by molar-refractivity contribution is 6.23. The van der Waals surface area contributed by atoms with Gasteiger partial charge in [0.25, 0.3) is 11.4 Å². The zero-order valence-corrected chi connectivity index (χ0v) is 10.8. The lowest BCUT2D eigenvalue weighted by Crippen LogP contribution is -1.98. The Morgan fingerprint density at radius 1 is 0.909 bits per heavy atom. The maximum atomic E-state index is 12.4. The summed E-state index contributed by atoms with van der Waals surface area (Å²) in [5, 5.41) is 30.9. The molecule has 0 aromatic heterocycles. The number of hydrogen-bond donors (Lipinski definition) is 0. The molecule has 8 nitrogen and oxygen atoms in total. The predicted octanol–water partition coefficient (Wildman–Crippen LogP) is 2.59. The number of hydrogen-bond acceptors (Lipinski definition) is 6. The standard InChI is InChI=1S/C14H5N3O5/c15-6-7-3-9(17(21)22)5-12-13(7)10-2-1-8(16(19)20)4-11(10)14(12)18/h1-5H. The van der Waals surface area contributed by atoms with Gasteiger partial charge in [-0.1, -0.05) is 0 Å². The molecule has 1 aliphatic carbocycles. The number of benzene rings is 2. The summed E-state index contributed by atoms with van der Waals surface area (Å²) >= 11 is 0. The Hall–Kier alpha value is -3.60. The predicted molar refractivity (Wildman–Crippen MR) is 73.3 cm³/mol. The van der Waals surface area contributed by atoms with Crippen LogP contribution in [0.15, 0.2) is 30.3 Å². The first-order valence-electron chi connectivity index (χ1n) is 6.00. The summed E-state index contributed by atoms with van der Waals surface area (Å²) in [7, 11) is 0. The second-order valence-corrected chi connectivity index (χ2v) is 4.60. The SMILES string of the molecule is N#Cc1cc([N+](=O)[O-])cc2c1-c1ccc([N+](=O)[O-])cc1C2=O. The van der Waals surface area contributed by atoms with E-state index >= 15 is 0 Å². The molecule has 2 aromatic carbocycles. The van der Waals surface area contributed by atoms with Crippen LogP contribution in [0.2, 0.25) is 0 Å². The van der Waals surface area contributed by atoms with Gasteiger partial charge >= 0.3 is 0 Å². The molecule has 1 aliphatic rings. The Morgan fingerprint density at radius 2 is 1.55 bits per heavy atom. The van der Waals surface area contributed by atoms with Gasteiger partial charge in [-0.3, -0.25) is 25.0 Å². The van der Waals surface area contributed by atoms with Crippen molar-refractivity contribution in [2.45, 2.75) is 0 Å². The maximum absolute atomic E-state index is 12.4. The molecule has 3 rings (SSSR count). The molecule has 0 fully saturated rings. The number of carbonyl (C=O) groups excluding carboxylic acids is 1. The fourth-order valence-electron chi connectivity index (χ4n) is 2.49. The van der Waals surface area contributed by atoms with Gasteiger partial charge in [-0.05, 0) is 11.6 Å². The third kappa shape index (κ3) is 1.73. The number of ketones is 1. The molecule has 0 aliphatic heterocycles. The lowest BCUT2D eigenvalue weighted by molar-refractivity contribution is -0.385. The van der Waals surface area contributed by atoms with Crippen LogP contribution in [0.5, 0.6) is 0 Å². The van der Waals surface area contributed by atoms with E-state index in [0.717, 1.165) is 18.2 Å². The Labute approximate surface area is 122 Å². The van der Waals surface area contributed by atoms with Crippen LogP contribution in [0.3, 0.4) is 0 Å². The molecule has 0 unspecified atom stereocenters. The quantitative estimate of drug-likeness (QED) is 0.528. The Kier molecular flexibility index (Phi) is 2.71. The highest BCUT2D eigenvalue weighted by atomic mass is 16.6. The van der Waals surface area contributed by atoms with Crippen molar-refractivity contribution in [3.8, 4) is 17.2 Å². The molecular weight excluding hydrogens is 290 g/mol. The zero-order chi connectivity index (χ0) is 16.0. The van der Waals surface area contributed by atoms with Crippen molar-refractivity contribution in [3.63, 3.8) is 0 Å². The monoisotopic (exact) mass is 295 g/mol. The molecule has 0 atom stereocenters. The van der Waals surface area contributed by atoms with Crippen LogP contribution in [0, 0.1) is 31.6 Å². The molecule has 2 aromatic rings. The number of nitrogens with zero attached hydrogens (tertiary/aromatic N) is 3. The number of carbonyl (C=O) groups is 1. The molecular formula is C14H5N3O5. The van der Waals surface area contributed by atoms with Crippen LogP contribution < -0.4 is 0 Å². The van der Waals surface area contributed by atoms with Crippen molar-refractivity contribution in [1.82, 2.24) is 0 Å². The Bertz CT molecular complexity index is 927. The van der Waals surface area contributed by atoms with E-state index in [0.29, 0.717) is 5.56 Å². The first kappa shape index (κ1) is 13.4. The van der Waals surface area contributed by atoms with Gasteiger partial charge in [-0.25, -0.2) is 0 Å². The minimum Gasteiger partial charge on any atom is -0.289 e. The molecule has 0 N–H and O–H groups in total. The molecule has 0 saturated carbocycles. The molecule has 22 heavy (non-hydrogen) atoms. The van der Waals surface area contributed by atoms with Gasteiger partial charge in [-0.2, -0.15) is 5.26 Å². The van der Waals surface area contributed by atoms with Crippen molar-refractivity contribution < 1.29 is 14.6 Å². The van der Waals surface area contributed by atoms with E-state index in [2.05, 4.69) is 0 Å². The third-order valence-electron chi connectivity index (χ3n) is 3.43. The van der Waals surface area contributed by atoms with Crippen LogP contribution in [0.25, 0.3) is 11.1 Å². The van der Waals surface area contributed by atoms with E-state index < -0.39 is 15.6 Å². The smallest absolute Gasteiger partial charge is 0.271 e. The summed E-state index contributed by atoms with van der Waals surface area (Å²) in [5.74, 6) is -0.561. The number of nitro benzene ring substituents is 2. The minimum atomic E-state index is -0.695. The van der Waals surface area contributed by atoms with Crippen LogP contribution >= 0.6 is 0 Å². The molecule has 0 amide bonds. The van der Waals surface area contributed by atoms with Gasteiger partial charge in [0.05, 0.1) is 15.4 Å². The second kappa shape index (κ2) is 4.46. The first-order valence-corrected chi connectivity index (χ1v) is 6.00. The third-order valence-corrected chi connectivity index (χ3v) is 3.43. The highest BCUT2D eigenvalue weighted by Crippen LogP contribution is 2.41. The molecule has 0 saturated heterocycles. The molecule has 0 radical (unpaired) electrons. The van der Waals surface area contributed by atoms with Crippen LogP contribution in [-0.4, -0.2) is 15.6 Å². The van der Waals surface area contributed by atoms with E-state index in [9.17, 15) is 30.3 Å². The average molecular weight is 295 g/mol. The van der Waals surface area contributed by atoms with Crippen LogP contribution in [0.4, 0.5) is 11.4 Å². The summed E-state index contributed by atoms with van der Waals surface area (Å²) in [5.41, 5.74) is 0.103. The largest absolute Gasteiger partial charge is 0.289 e. The van der Waals surface area contributed by atoms with Gasteiger partial charge in [0.2, 0.25) is 0 Å². The van der Waals surface area contributed by atoms with Gasteiger partial charge in [0, 0.05) is 41.0 Å². The van der Waals surface area contributed by atoms with Gasteiger partial charge in [0.1, 0.15) is 6.07 Å². The molecule has 8 heteroatoms. The van der Waals surface area contributed by atoms with Crippen molar-refractivity contribution in [3.05, 3.63) is 67.3 Å². The summed E-state index contributed by atoms with van der Waals surface area (Å²) < 4.78 is 0. The van der Waals surface area contributed by atoms with Gasteiger partial charge in [0.15, 0.2) is 5.78 Å². The Balaban J connectivity index is 2.32. The second-order valence-electron chi connectivity index (χ2n) is 4.60. The van der Waals surface area contributed by atoms with Crippen molar-refractivity contribution in [1.29, 1.82) is 5.26 Å². The van der Waals surface area contributed by atoms with E-state index in [4.69, 9.17) is 0 Å². The number of rotatable bonds is 2. The fraction of sp³-hybridized carbons (Fsp3) is 0. The highest BCUT2D eigenvalue weighted by Gasteiger charge is 2.32. The lowest BCUT2D eigenvalue weighted by Gasteiger charge is -2.02. The van der Waals surface area contributed by atoms with Crippen molar-refractivity contribution in [2.75, 3.05) is 0 Å². The number of fused-ring (bicyclic) bond motifs is 3. The fourth-order valence-corrected chi connectivity index (χ4v) is 2.49. The van der Waals surface area contributed by atoms with Crippen molar-refractivity contribution in [2.24, 2.45) is 0 Å². The van der Waals surface area contributed by atoms with E-state index in [1.165, 1.54) is 12.1 Å². The topological polar surface area (TPSA) is 127 Å². The van der Waals surface area contributed by atoms with E-state index in [1.807, 2.05) is 6.07 Å². The summed E-state index contributed by atoms with van der Waals surface area (Å²) in [6, 6.07) is 7.73. The van der Waals surface area contributed by atoms with E-state index in [-0.39, 0.29) is 33.6 Å². The zero-order valence-electron chi connectivity index (χ0n) is 10.8. The average Bonchev–Trinajstić information content (AvgIpc) is 2.79. The summed E-state index contributed by atoms with van der Waals surface area (Å²) in [4.78, 5) is 32.7. The summed E-state index contributed by atoms with van der Waals surface area (Å²) in [6.45, 7) is 0. The first-order chi connectivity index (χ1) is 10.4. The molecule has 0 bridgehead atoms. The number of nitro groups is 2. The maximum Gasteiger partial charge on any atom is 0.271 e. The number of non-ortho nitro benzene ring substituents is 2. The van der Waals surface area contributed by atoms with E-state index in [1.54, 1.807) is 0 Å². The molecule has 0 spiro atoms. The van der Waals surface area contributed by atoms with Crippen molar-refractivity contribution >= 4 is 17.2 Å².